The van der Waals surface area contributed by atoms with Crippen LogP contribution in [0.4, 0.5) is 0 Å². The number of rotatable bonds is 9. The van der Waals surface area contributed by atoms with Gasteiger partial charge >= 0.3 is 0 Å². The van der Waals surface area contributed by atoms with Crippen molar-refractivity contribution in [2.45, 2.75) is 107 Å². The number of aryl methyl sites for hydroxylation is 2. The predicted octanol–water partition coefficient (Wildman–Crippen LogP) is 14.4. The van der Waals surface area contributed by atoms with Crippen molar-refractivity contribution in [2.24, 2.45) is 10.8 Å². The third kappa shape index (κ3) is 8.02. The van der Waals surface area contributed by atoms with Gasteiger partial charge in [-0.05, 0) is 79.0 Å². The second-order valence-corrected chi connectivity index (χ2v) is 17.6. The first kappa shape index (κ1) is 41.6. The molecule has 0 bridgehead atoms. The van der Waals surface area contributed by atoms with E-state index >= 15 is 0 Å². The Hall–Kier alpha value is -3.15. The molecule has 277 valence electrons. The van der Waals surface area contributed by atoms with E-state index in [1.807, 2.05) is 70.4 Å². The van der Waals surface area contributed by atoms with Gasteiger partial charge in [0.15, 0.2) is 5.78 Å². The number of hydrogen-bond acceptors (Lipinski definition) is 5. The van der Waals surface area contributed by atoms with Crippen LogP contribution in [-0.4, -0.2) is 15.9 Å². The molecule has 6 aromatic rings. The maximum atomic E-state index is 12.2. The molecule has 0 aliphatic carbocycles. The van der Waals surface area contributed by atoms with Crippen molar-refractivity contribution >= 4 is 59.4 Å². The number of nitrogens with zero attached hydrogens (tertiary/aromatic N) is 1. The van der Waals surface area contributed by atoms with Crippen LogP contribution in [0.2, 0.25) is 0 Å². The summed E-state index contributed by atoms with van der Waals surface area (Å²) in [6, 6.07) is 25.5. The Balaban J connectivity index is 0.000000289. The molecule has 6 heteroatoms. The topological polar surface area (TPSA) is 50.2 Å². The van der Waals surface area contributed by atoms with E-state index in [1.165, 1.54) is 58.1 Å². The van der Waals surface area contributed by atoms with Crippen LogP contribution < -0.4 is 0 Å². The Labute approximate surface area is 333 Å². The standard InChI is InChI=1S/C31H26NS2.C15H28O2.Ir/c1-18-22-11-8-9-13-25(22)33-29(18)30-19(2)27-26(34-30)14-15-32-28(27)21-16-20-10-6-7-12-23(20)24(17-21)31(3,4)5;1-7-14(5,8-2)12(16)11-13(17)15(6,9-3)10-4;/h6-15,17H,1-5H3;11,16H,7-10H2,1-6H3;/q-1;;/b;12-11-;. The fourth-order valence-electron chi connectivity index (χ4n) is 6.66. The van der Waals surface area contributed by atoms with Crippen molar-refractivity contribution in [3.8, 4) is 21.0 Å². The minimum atomic E-state index is -0.337. The molecule has 0 spiro atoms. The van der Waals surface area contributed by atoms with Crippen LogP contribution in [0.15, 0.2) is 78.7 Å². The van der Waals surface area contributed by atoms with Crippen molar-refractivity contribution in [1.82, 2.24) is 4.98 Å². The number of hydrogen-bond donors (Lipinski definition) is 1. The van der Waals surface area contributed by atoms with Gasteiger partial charge in [0.1, 0.15) is 5.76 Å². The van der Waals surface area contributed by atoms with E-state index < -0.39 is 0 Å². The van der Waals surface area contributed by atoms with Crippen molar-refractivity contribution in [3.63, 3.8) is 0 Å². The number of ketones is 1. The van der Waals surface area contributed by atoms with E-state index in [0.29, 0.717) is 0 Å². The number of pyridine rings is 1. The summed E-state index contributed by atoms with van der Waals surface area (Å²) < 4.78 is 2.64. The normalized spacial score (nSPS) is 12.6. The van der Waals surface area contributed by atoms with E-state index in [-0.39, 0.29) is 47.9 Å². The first-order valence-electron chi connectivity index (χ1n) is 18.4. The molecule has 3 nitrogen and oxygen atoms in total. The summed E-state index contributed by atoms with van der Waals surface area (Å²) in [5, 5.41) is 15.2. The second-order valence-electron chi connectivity index (χ2n) is 15.5. The van der Waals surface area contributed by atoms with Gasteiger partial charge in [0.05, 0.1) is 0 Å². The Kier molecular flexibility index (Phi) is 13.2. The average molecular weight is 909 g/mol. The van der Waals surface area contributed by atoms with Gasteiger partial charge in [-0.2, -0.15) is 0 Å². The third-order valence-electron chi connectivity index (χ3n) is 11.3. The van der Waals surface area contributed by atoms with Crippen LogP contribution in [0.1, 0.15) is 105 Å². The number of allylic oxidation sites excluding steroid dienone is 2. The van der Waals surface area contributed by atoms with Gasteiger partial charge < -0.3 is 5.11 Å². The maximum absolute atomic E-state index is 12.2. The number of fused-ring (bicyclic) bond motifs is 3. The molecule has 1 radical (unpaired) electrons. The number of carbonyl (C=O) groups excluding carboxylic acids is 1. The minimum Gasteiger partial charge on any atom is -0.512 e. The van der Waals surface area contributed by atoms with Crippen molar-refractivity contribution in [2.75, 3.05) is 0 Å². The number of aliphatic hydroxyl groups is 1. The SMILES string of the molecule is CCC(C)(CC)C(=O)/C=C(\O)C(C)(CC)CC.Cc1c(-c2sc3ccnc(-c4[c-]c5ccccc5c(C(C)(C)C)c4)c3c2C)sc2ccccc12.[Ir]. The summed E-state index contributed by atoms with van der Waals surface area (Å²) in [6.45, 7) is 23.4. The molecule has 3 heterocycles. The molecule has 0 fully saturated rings. The zero-order chi connectivity index (χ0) is 37.3. The summed E-state index contributed by atoms with van der Waals surface area (Å²) >= 11 is 3.78. The molecule has 6 rings (SSSR count). The van der Waals surface area contributed by atoms with Gasteiger partial charge in [-0.1, -0.05) is 110 Å². The summed E-state index contributed by atoms with van der Waals surface area (Å²) in [5.74, 6) is 0.286. The van der Waals surface area contributed by atoms with Crippen molar-refractivity contribution in [3.05, 3.63) is 101 Å². The minimum absolute atomic E-state index is 0. The molecular weight excluding hydrogens is 855 g/mol. The summed E-state index contributed by atoms with van der Waals surface area (Å²) in [4.78, 5) is 19.8. The molecule has 0 amide bonds. The number of benzene rings is 3. The van der Waals surface area contributed by atoms with Gasteiger partial charge in [0.2, 0.25) is 0 Å². The number of aromatic nitrogens is 1. The van der Waals surface area contributed by atoms with Crippen LogP contribution in [0.3, 0.4) is 0 Å². The quantitative estimate of drug-likeness (QED) is 0.0893. The predicted molar refractivity (Wildman–Crippen MR) is 223 cm³/mol. The first-order valence-corrected chi connectivity index (χ1v) is 20.0. The Morgan fingerprint density at radius 1 is 0.769 bits per heavy atom. The molecule has 0 aliphatic heterocycles. The Bertz CT molecular complexity index is 2220. The van der Waals surface area contributed by atoms with Gasteiger partial charge in [-0.25, -0.2) is 0 Å². The molecule has 1 N–H and O–H groups in total. The molecule has 0 aliphatic rings. The van der Waals surface area contributed by atoms with Crippen LogP contribution in [-0.2, 0) is 30.3 Å². The molecule has 52 heavy (non-hydrogen) atoms. The fourth-order valence-corrected chi connectivity index (χ4v) is 9.32. The summed E-state index contributed by atoms with van der Waals surface area (Å²) in [6.07, 6.45) is 6.71. The molecule has 0 atom stereocenters. The van der Waals surface area contributed by atoms with E-state index in [4.69, 9.17) is 4.98 Å². The van der Waals surface area contributed by atoms with E-state index in [0.717, 1.165) is 42.3 Å². The van der Waals surface area contributed by atoms with E-state index in [2.05, 4.69) is 101 Å². The zero-order valence-electron chi connectivity index (χ0n) is 32.7. The summed E-state index contributed by atoms with van der Waals surface area (Å²) in [7, 11) is 0. The third-order valence-corrected chi connectivity index (χ3v) is 14.0. The van der Waals surface area contributed by atoms with Crippen LogP contribution in [0.25, 0.3) is 52.0 Å². The van der Waals surface area contributed by atoms with Gasteiger partial charge in [0, 0.05) is 68.1 Å². The molecule has 3 aromatic heterocycles. The molecule has 0 saturated heterocycles. The fraction of sp³-hybridized carbons (Fsp3) is 0.391. The average Bonchev–Trinajstić information content (AvgIpc) is 3.65. The largest absolute Gasteiger partial charge is 0.512 e. The van der Waals surface area contributed by atoms with Gasteiger partial charge in [0.25, 0.3) is 0 Å². The molecule has 3 aromatic carbocycles. The Morgan fingerprint density at radius 2 is 1.33 bits per heavy atom. The van der Waals surface area contributed by atoms with Crippen LogP contribution in [0, 0.1) is 30.7 Å². The molecular formula is C46H54IrNO2S2-. The smallest absolute Gasteiger partial charge is 0.164 e. The molecule has 0 unspecified atom stereocenters. The van der Waals surface area contributed by atoms with Crippen molar-refractivity contribution in [1.29, 1.82) is 0 Å². The second kappa shape index (κ2) is 16.5. The van der Waals surface area contributed by atoms with Gasteiger partial charge in [-0.3, -0.25) is 9.78 Å². The number of aliphatic hydroxyl groups excluding tert-OH is 1. The zero-order valence-corrected chi connectivity index (χ0v) is 36.7. The van der Waals surface area contributed by atoms with E-state index in [1.54, 1.807) is 0 Å². The van der Waals surface area contributed by atoms with Crippen LogP contribution in [0.5, 0.6) is 0 Å². The number of thiophene rings is 2. The Morgan fingerprint density at radius 3 is 1.92 bits per heavy atom. The van der Waals surface area contributed by atoms with Crippen molar-refractivity contribution < 1.29 is 30.0 Å². The summed E-state index contributed by atoms with van der Waals surface area (Å²) in [5.41, 5.74) is 5.56. The van der Waals surface area contributed by atoms with Crippen LogP contribution >= 0.6 is 22.7 Å². The maximum Gasteiger partial charge on any atom is 0.164 e. The van der Waals surface area contributed by atoms with Gasteiger partial charge in [-0.15, -0.1) is 51.8 Å². The number of carbonyl (C=O) groups is 1. The van der Waals surface area contributed by atoms with E-state index in [9.17, 15) is 9.90 Å². The first-order chi connectivity index (χ1) is 24.1. The molecule has 0 saturated carbocycles. The monoisotopic (exact) mass is 909 g/mol.